The van der Waals surface area contributed by atoms with Gasteiger partial charge in [0.15, 0.2) is 0 Å². The van der Waals surface area contributed by atoms with E-state index in [0.29, 0.717) is 5.56 Å². The van der Waals surface area contributed by atoms with Crippen molar-refractivity contribution in [3.05, 3.63) is 39.7 Å². The Morgan fingerprint density at radius 1 is 1.40 bits per heavy atom. The van der Waals surface area contributed by atoms with Gasteiger partial charge in [-0.15, -0.1) is 0 Å². The van der Waals surface area contributed by atoms with Crippen LogP contribution in [0.1, 0.15) is 31.2 Å². The van der Waals surface area contributed by atoms with Gasteiger partial charge in [-0.2, -0.15) is 0 Å². The zero-order chi connectivity index (χ0) is 14.5. The minimum absolute atomic E-state index is 0.0738. The van der Waals surface area contributed by atoms with Crippen LogP contribution >= 0.6 is 0 Å². The number of halogens is 1. The third-order valence-corrected chi connectivity index (χ3v) is 3.94. The fourth-order valence-electron chi connectivity index (χ4n) is 2.81. The topological polar surface area (TPSA) is 75.4 Å². The fraction of sp³-hybridized carbons (Fsp3) is 0.571. The first-order valence-electron chi connectivity index (χ1n) is 6.89. The standard InChI is InChI=1S/C14H19FN2O3/c15-12-5-6-14(17(19)20)11(7-12)8-16-13-4-2-1-3-10(13)9-18/h5-7,10,13,16,18H,1-4,8-9H2. The smallest absolute Gasteiger partial charge is 0.274 e. The average Bonchev–Trinajstić information content (AvgIpc) is 2.45. The minimum Gasteiger partial charge on any atom is -0.396 e. The highest BCUT2D eigenvalue weighted by Crippen LogP contribution is 2.25. The average molecular weight is 282 g/mol. The first kappa shape index (κ1) is 14.9. The third-order valence-electron chi connectivity index (χ3n) is 3.94. The van der Waals surface area contributed by atoms with E-state index in [4.69, 9.17) is 0 Å². The van der Waals surface area contributed by atoms with Gasteiger partial charge in [-0.05, 0) is 30.9 Å². The largest absolute Gasteiger partial charge is 0.396 e. The Kier molecular flexibility index (Phi) is 5.03. The number of aliphatic hydroxyl groups excluding tert-OH is 1. The van der Waals surface area contributed by atoms with Crippen molar-refractivity contribution in [2.24, 2.45) is 5.92 Å². The molecule has 0 amide bonds. The summed E-state index contributed by atoms with van der Waals surface area (Å²) in [6.07, 6.45) is 4.08. The zero-order valence-electron chi connectivity index (χ0n) is 11.2. The van der Waals surface area contributed by atoms with E-state index in [2.05, 4.69) is 5.32 Å². The Bertz CT molecular complexity index is 481. The van der Waals surface area contributed by atoms with Crippen LogP contribution in [0.2, 0.25) is 0 Å². The molecule has 1 aromatic carbocycles. The second kappa shape index (κ2) is 6.76. The highest BCUT2D eigenvalue weighted by molar-refractivity contribution is 5.40. The number of hydrogen-bond donors (Lipinski definition) is 2. The number of benzene rings is 1. The summed E-state index contributed by atoms with van der Waals surface area (Å²) in [7, 11) is 0. The predicted octanol–water partition coefficient (Wildman–Crippen LogP) is 2.37. The van der Waals surface area contributed by atoms with Crippen LogP contribution in [0.3, 0.4) is 0 Å². The summed E-state index contributed by atoms with van der Waals surface area (Å²) < 4.78 is 13.2. The molecule has 2 N–H and O–H groups in total. The molecule has 2 atom stereocenters. The number of hydrogen-bond acceptors (Lipinski definition) is 4. The lowest BCUT2D eigenvalue weighted by atomic mass is 9.85. The Labute approximate surface area is 117 Å². The van der Waals surface area contributed by atoms with Crippen LogP contribution in [0.25, 0.3) is 0 Å². The maximum Gasteiger partial charge on any atom is 0.274 e. The number of nitro groups is 1. The van der Waals surface area contributed by atoms with E-state index in [-0.39, 0.29) is 30.8 Å². The molecule has 1 aliphatic carbocycles. The van der Waals surface area contributed by atoms with Crippen LogP contribution in [0, 0.1) is 21.8 Å². The van der Waals surface area contributed by atoms with E-state index in [1.807, 2.05) is 0 Å². The van der Waals surface area contributed by atoms with Gasteiger partial charge in [0, 0.05) is 30.8 Å². The van der Waals surface area contributed by atoms with Gasteiger partial charge in [0.25, 0.3) is 5.69 Å². The van der Waals surface area contributed by atoms with Crippen molar-refractivity contribution in [3.63, 3.8) is 0 Å². The number of aliphatic hydroxyl groups is 1. The second-order valence-corrected chi connectivity index (χ2v) is 5.24. The number of nitrogens with one attached hydrogen (secondary N) is 1. The summed E-state index contributed by atoms with van der Waals surface area (Å²) in [6.45, 7) is 0.359. The van der Waals surface area contributed by atoms with E-state index in [1.165, 1.54) is 12.1 Å². The number of rotatable bonds is 5. The monoisotopic (exact) mass is 282 g/mol. The lowest BCUT2D eigenvalue weighted by Gasteiger charge is -2.31. The summed E-state index contributed by atoms with van der Waals surface area (Å²) in [5.41, 5.74) is 0.271. The molecule has 5 nitrogen and oxygen atoms in total. The Morgan fingerprint density at radius 3 is 2.85 bits per heavy atom. The molecule has 1 saturated carbocycles. The summed E-state index contributed by atoms with van der Waals surface area (Å²) in [6, 6.07) is 3.62. The fourth-order valence-corrected chi connectivity index (χ4v) is 2.81. The molecule has 0 spiro atoms. The van der Waals surface area contributed by atoms with Crippen molar-refractivity contribution in [1.29, 1.82) is 0 Å². The van der Waals surface area contributed by atoms with Gasteiger partial charge in [-0.25, -0.2) is 4.39 Å². The van der Waals surface area contributed by atoms with Gasteiger partial charge < -0.3 is 10.4 Å². The second-order valence-electron chi connectivity index (χ2n) is 5.24. The lowest BCUT2D eigenvalue weighted by Crippen LogP contribution is -2.39. The highest BCUT2D eigenvalue weighted by Gasteiger charge is 2.25. The van der Waals surface area contributed by atoms with Crippen LogP contribution in [-0.4, -0.2) is 22.7 Å². The molecule has 110 valence electrons. The summed E-state index contributed by atoms with van der Waals surface area (Å²) in [5.74, 6) is -0.300. The lowest BCUT2D eigenvalue weighted by molar-refractivity contribution is -0.385. The molecule has 1 aromatic rings. The van der Waals surface area contributed by atoms with Crippen LogP contribution in [0.4, 0.5) is 10.1 Å². The molecule has 20 heavy (non-hydrogen) atoms. The first-order chi connectivity index (χ1) is 9.61. The molecule has 0 saturated heterocycles. The Balaban J connectivity index is 2.06. The third kappa shape index (κ3) is 3.52. The predicted molar refractivity (Wildman–Crippen MR) is 72.7 cm³/mol. The molecule has 0 aliphatic heterocycles. The van der Waals surface area contributed by atoms with Crippen molar-refractivity contribution in [2.45, 2.75) is 38.3 Å². The quantitative estimate of drug-likeness (QED) is 0.642. The summed E-state index contributed by atoms with van der Waals surface area (Å²) >= 11 is 0. The molecule has 2 unspecified atom stereocenters. The number of nitrogens with zero attached hydrogens (tertiary/aromatic N) is 1. The molecule has 0 radical (unpaired) electrons. The van der Waals surface area contributed by atoms with Crippen molar-refractivity contribution in [3.8, 4) is 0 Å². The molecule has 0 heterocycles. The molecular formula is C14H19FN2O3. The van der Waals surface area contributed by atoms with Crippen LogP contribution in [0.5, 0.6) is 0 Å². The Morgan fingerprint density at radius 2 is 2.15 bits per heavy atom. The molecule has 1 fully saturated rings. The highest BCUT2D eigenvalue weighted by atomic mass is 19.1. The maximum absolute atomic E-state index is 13.2. The van der Waals surface area contributed by atoms with Crippen LogP contribution < -0.4 is 5.32 Å². The van der Waals surface area contributed by atoms with Crippen molar-refractivity contribution in [2.75, 3.05) is 6.61 Å². The molecular weight excluding hydrogens is 263 g/mol. The van der Waals surface area contributed by atoms with Gasteiger partial charge >= 0.3 is 0 Å². The summed E-state index contributed by atoms with van der Waals surface area (Å²) in [4.78, 5) is 10.4. The normalized spacial score (nSPS) is 22.7. The molecule has 0 aromatic heterocycles. The Hall–Kier alpha value is -1.53. The van der Waals surface area contributed by atoms with E-state index in [1.54, 1.807) is 0 Å². The molecule has 1 aliphatic rings. The van der Waals surface area contributed by atoms with Crippen LogP contribution in [0.15, 0.2) is 18.2 Å². The number of nitro benzene ring substituents is 1. The zero-order valence-corrected chi connectivity index (χ0v) is 11.2. The molecule has 2 rings (SSSR count). The van der Waals surface area contributed by atoms with E-state index in [0.717, 1.165) is 31.7 Å². The first-order valence-corrected chi connectivity index (χ1v) is 6.89. The van der Waals surface area contributed by atoms with Gasteiger partial charge in [0.05, 0.1) is 4.92 Å². The van der Waals surface area contributed by atoms with E-state index in [9.17, 15) is 19.6 Å². The van der Waals surface area contributed by atoms with Gasteiger partial charge in [0.2, 0.25) is 0 Å². The van der Waals surface area contributed by atoms with Gasteiger partial charge in [0.1, 0.15) is 5.82 Å². The molecule has 0 bridgehead atoms. The SMILES string of the molecule is O=[N+]([O-])c1ccc(F)cc1CNC1CCCCC1CO. The minimum atomic E-state index is -0.499. The van der Waals surface area contributed by atoms with Gasteiger partial charge in [-0.1, -0.05) is 12.8 Å². The van der Waals surface area contributed by atoms with Crippen molar-refractivity contribution < 1.29 is 14.4 Å². The van der Waals surface area contributed by atoms with Gasteiger partial charge in [-0.3, -0.25) is 10.1 Å². The maximum atomic E-state index is 13.2. The van der Waals surface area contributed by atoms with E-state index >= 15 is 0 Å². The van der Waals surface area contributed by atoms with Crippen molar-refractivity contribution in [1.82, 2.24) is 5.32 Å². The molecule has 6 heteroatoms. The van der Waals surface area contributed by atoms with E-state index < -0.39 is 10.7 Å². The summed E-state index contributed by atoms with van der Waals surface area (Å²) in [5, 5.41) is 23.5. The van der Waals surface area contributed by atoms with Crippen molar-refractivity contribution >= 4 is 5.69 Å². The van der Waals surface area contributed by atoms with Crippen LogP contribution in [-0.2, 0) is 6.54 Å².